The first-order valence-corrected chi connectivity index (χ1v) is 3.95. The van der Waals surface area contributed by atoms with E-state index in [9.17, 15) is 0 Å². The highest BCUT2D eigenvalue weighted by Crippen LogP contribution is 1.98. The summed E-state index contributed by atoms with van der Waals surface area (Å²) < 4.78 is 0. The molecule has 0 aromatic rings. The molecule has 0 aliphatic rings. The third-order valence-electron chi connectivity index (χ3n) is 0.910. The van der Waals surface area contributed by atoms with Crippen LogP contribution in [0.2, 0.25) is 0 Å². The van der Waals surface area contributed by atoms with Crippen molar-refractivity contribution in [3.05, 3.63) is 0 Å². The van der Waals surface area contributed by atoms with E-state index in [-0.39, 0.29) is 5.88 Å². The Hall–Kier alpha value is -0.230. The molecule has 0 spiro atoms. The van der Waals surface area contributed by atoms with Gasteiger partial charge < -0.3 is 10.2 Å². The van der Waals surface area contributed by atoms with Crippen molar-refractivity contribution >= 4 is 11.6 Å². The van der Waals surface area contributed by atoms with Crippen molar-refractivity contribution < 1.29 is 10.2 Å². The van der Waals surface area contributed by atoms with Gasteiger partial charge in [0.15, 0.2) is 0 Å². The lowest BCUT2D eigenvalue weighted by Gasteiger charge is -2.06. The molecule has 0 aliphatic heterocycles. The molecule has 0 aromatic heterocycles. The quantitative estimate of drug-likeness (QED) is 0.482. The first-order chi connectivity index (χ1) is 4.95. The summed E-state index contributed by atoms with van der Waals surface area (Å²) in [6, 6.07) is 0. The molecule has 0 saturated carbocycles. The minimum Gasteiger partial charge on any atom is -0.391 e. The zero-order valence-electron chi connectivity index (χ0n) is 6.76. The van der Waals surface area contributed by atoms with Crippen molar-refractivity contribution in [3.63, 3.8) is 0 Å². The van der Waals surface area contributed by atoms with Gasteiger partial charge in [0.05, 0.1) is 6.10 Å². The molecular formula is C8H13ClO2. The second kappa shape index (κ2) is 4.61. The molecule has 0 amide bonds. The van der Waals surface area contributed by atoms with Crippen LogP contribution in [0.3, 0.4) is 0 Å². The van der Waals surface area contributed by atoms with Crippen molar-refractivity contribution in [3.8, 4) is 11.8 Å². The van der Waals surface area contributed by atoms with Crippen LogP contribution in [-0.2, 0) is 0 Å². The Labute approximate surface area is 72.2 Å². The van der Waals surface area contributed by atoms with E-state index in [0.717, 1.165) is 0 Å². The van der Waals surface area contributed by atoms with Crippen LogP contribution in [0.25, 0.3) is 0 Å². The largest absolute Gasteiger partial charge is 0.391 e. The SMILES string of the molecule is CC(C)(O)C#CCC(O)CCl. The summed E-state index contributed by atoms with van der Waals surface area (Å²) in [6.07, 6.45) is -0.278. The van der Waals surface area contributed by atoms with E-state index in [2.05, 4.69) is 11.8 Å². The average molecular weight is 177 g/mol. The van der Waals surface area contributed by atoms with Crippen LogP contribution >= 0.6 is 11.6 Å². The second-order valence-electron chi connectivity index (χ2n) is 2.87. The smallest absolute Gasteiger partial charge is 0.119 e. The van der Waals surface area contributed by atoms with Gasteiger partial charge >= 0.3 is 0 Å². The van der Waals surface area contributed by atoms with E-state index in [0.29, 0.717) is 6.42 Å². The van der Waals surface area contributed by atoms with E-state index in [4.69, 9.17) is 21.8 Å². The number of halogens is 1. The van der Waals surface area contributed by atoms with E-state index < -0.39 is 11.7 Å². The lowest BCUT2D eigenvalue weighted by molar-refractivity contribution is 0.143. The third-order valence-corrected chi connectivity index (χ3v) is 1.27. The summed E-state index contributed by atoms with van der Waals surface area (Å²) in [7, 11) is 0. The Morgan fingerprint density at radius 1 is 1.55 bits per heavy atom. The maximum absolute atomic E-state index is 9.12. The molecular weight excluding hydrogens is 164 g/mol. The van der Waals surface area contributed by atoms with Crippen LogP contribution in [-0.4, -0.2) is 27.8 Å². The Morgan fingerprint density at radius 3 is 2.45 bits per heavy atom. The standard InChI is InChI=1S/C8H13ClO2/c1-8(2,11)5-3-4-7(10)6-9/h7,10-11H,4,6H2,1-2H3. The molecule has 3 heteroatoms. The van der Waals surface area contributed by atoms with Crippen molar-refractivity contribution in [2.24, 2.45) is 0 Å². The summed E-state index contributed by atoms with van der Waals surface area (Å²) in [5.74, 6) is 5.40. The van der Waals surface area contributed by atoms with Gasteiger partial charge in [-0.05, 0) is 13.8 Å². The summed E-state index contributed by atoms with van der Waals surface area (Å²) in [6.45, 7) is 3.18. The highest BCUT2D eigenvalue weighted by molar-refractivity contribution is 6.18. The van der Waals surface area contributed by atoms with E-state index >= 15 is 0 Å². The minimum absolute atomic E-state index is 0.181. The van der Waals surface area contributed by atoms with Crippen LogP contribution in [0, 0.1) is 11.8 Å². The zero-order valence-corrected chi connectivity index (χ0v) is 7.52. The maximum Gasteiger partial charge on any atom is 0.119 e. The molecule has 2 N–H and O–H groups in total. The van der Waals surface area contributed by atoms with Crippen LogP contribution in [0.5, 0.6) is 0 Å². The van der Waals surface area contributed by atoms with Gasteiger partial charge in [-0.1, -0.05) is 11.8 Å². The minimum atomic E-state index is -0.980. The third kappa shape index (κ3) is 7.67. The summed E-state index contributed by atoms with van der Waals surface area (Å²) >= 11 is 5.32. The molecule has 0 fully saturated rings. The van der Waals surface area contributed by atoms with Crippen molar-refractivity contribution in [1.82, 2.24) is 0 Å². The number of rotatable bonds is 2. The van der Waals surface area contributed by atoms with Gasteiger partial charge in [-0.25, -0.2) is 0 Å². The number of aliphatic hydroxyl groups excluding tert-OH is 1. The molecule has 0 saturated heterocycles. The average Bonchev–Trinajstić information content (AvgIpc) is 1.85. The van der Waals surface area contributed by atoms with Crippen molar-refractivity contribution in [1.29, 1.82) is 0 Å². The molecule has 0 bridgehead atoms. The van der Waals surface area contributed by atoms with E-state index in [1.165, 1.54) is 0 Å². The fourth-order valence-corrected chi connectivity index (χ4v) is 0.549. The molecule has 11 heavy (non-hydrogen) atoms. The molecule has 64 valence electrons. The van der Waals surface area contributed by atoms with Gasteiger partial charge in [0, 0.05) is 12.3 Å². The van der Waals surface area contributed by atoms with Gasteiger partial charge in [0.2, 0.25) is 0 Å². The number of aliphatic hydroxyl groups is 2. The monoisotopic (exact) mass is 176 g/mol. The number of hydrogen-bond donors (Lipinski definition) is 2. The fraction of sp³-hybridized carbons (Fsp3) is 0.750. The fourth-order valence-electron chi connectivity index (χ4n) is 0.440. The summed E-state index contributed by atoms with van der Waals surface area (Å²) in [5, 5.41) is 18.1. The Morgan fingerprint density at radius 2 is 2.09 bits per heavy atom. The van der Waals surface area contributed by atoms with Gasteiger partial charge in [0.1, 0.15) is 5.60 Å². The van der Waals surface area contributed by atoms with E-state index in [1.54, 1.807) is 13.8 Å². The highest BCUT2D eigenvalue weighted by Gasteiger charge is 2.06. The first kappa shape index (κ1) is 10.8. The predicted molar refractivity (Wildman–Crippen MR) is 45.4 cm³/mol. The molecule has 0 rings (SSSR count). The molecule has 0 aromatic carbocycles. The second-order valence-corrected chi connectivity index (χ2v) is 3.18. The Bertz CT molecular complexity index is 161. The number of hydrogen-bond acceptors (Lipinski definition) is 2. The molecule has 0 heterocycles. The van der Waals surface area contributed by atoms with Crippen LogP contribution in [0.1, 0.15) is 20.3 Å². The summed E-state index contributed by atoms with van der Waals surface area (Å²) in [4.78, 5) is 0. The maximum atomic E-state index is 9.12. The lowest BCUT2D eigenvalue weighted by atomic mass is 10.1. The topological polar surface area (TPSA) is 40.5 Å². The van der Waals surface area contributed by atoms with Gasteiger partial charge in [0.25, 0.3) is 0 Å². The normalized spacial score (nSPS) is 13.5. The Kier molecular flexibility index (Phi) is 4.51. The molecule has 1 unspecified atom stereocenters. The zero-order chi connectivity index (χ0) is 8.91. The first-order valence-electron chi connectivity index (χ1n) is 3.42. The molecule has 1 atom stereocenters. The molecule has 0 radical (unpaired) electrons. The summed E-state index contributed by atoms with van der Waals surface area (Å²) in [5.41, 5.74) is -0.980. The molecule has 2 nitrogen and oxygen atoms in total. The molecule has 0 aliphatic carbocycles. The Balaban J connectivity index is 3.73. The van der Waals surface area contributed by atoms with E-state index in [1.807, 2.05) is 0 Å². The van der Waals surface area contributed by atoms with Crippen molar-refractivity contribution in [2.75, 3.05) is 5.88 Å². The van der Waals surface area contributed by atoms with Crippen LogP contribution in [0.4, 0.5) is 0 Å². The number of alkyl halides is 1. The van der Waals surface area contributed by atoms with Crippen LogP contribution in [0.15, 0.2) is 0 Å². The highest BCUT2D eigenvalue weighted by atomic mass is 35.5. The predicted octanol–water partition coefficient (Wildman–Crippen LogP) is 0.750. The van der Waals surface area contributed by atoms with Gasteiger partial charge in [-0.2, -0.15) is 0 Å². The van der Waals surface area contributed by atoms with Crippen molar-refractivity contribution in [2.45, 2.75) is 32.0 Å². The van der Waals surface area contributed by atoms with Crippen LogP contribution < -0.4 is 0 Å². The van der Waals surface area contributed by atoms with Gasteiger partial charge in [-0.15, -0.1) is 11.6 Å². The van der Waals surface area contributed by atoms with Gasteiger partial charge in [-0.3, -0.25) is 0 Å². The lowest BCUT2D eigenvalue weighted by Crippen LogP contribution is -2.15.